The molecule has 0 heterocycles. The van der Waals surface area contributed by atoms with Gasteiger partial charge in [-0.25, -0.2) is 0 Å². The summed E-state index contributed by atoms with van der Waals surface area (Å²) in [4.78, 5) is 17.9. The average Bonchev–Trinajstić information content (AvgIpc) is 2.43. The molecular weight excluding hydrogens is 274 g/mol. The van der Waals surface area contributed by atoms with Crippen LogP contribution in [0.4, 0.5) is 11.4 Å². The fourth-order valence-corrected chi connectivity index (χ4v) is 1.84. The van der Waals surface area contributed by atoms with E-state index in [2.05, 4.69) is 36.8 Å². The summed E-state index contributed by atoms with van der Waals surface area (Å²) in [6.07, 6.45) is 4.46. The van der Waals surface area contributed by atoms with Gasteiger partial charge in [0.1, 0.15) is 0 Å². The summed E-state index contributed by atoms with van der Waals surface area (Å²) in [6, 6.07) is 6.08. The van der Waals surface area contributed by atoms with E-state index in [0.29, 0.717) is 5.92 Å². The zero-order valence-corrected chi connectivity index (χ0v) is 14.1. The van der Waals surface area contributed by atoms with Gasteiger partial charge in [-0.1, -0.05) is 26.5 Å². The van der Waals surface area contributed by atoms with Crippen LogP contribution in [0.3, 0.4) is 0 Å². The minimum atomic E-state index is -0.209. The highest BCUT2D eigenvalue weighted by Crippen LogP contribution is 2.28. The van der Waals surface area contributed by atoms with Crippen molar-refractivity contribution in [1.82, 2.24) is 0 Å². The maximum absolute atomic E-state index is 11.9. The SMILES string of the molecule is C=C(C)C=N/C=C/C(=O)Nc1ccc(C(C)C)cc1N(C)C. The number of amides is 1. The summed E-state index contributed by atoms with van der Waals surface area (Å²) in [6.45, 7) is 9.84. The summed E-state index contributed by atoms with van der Waals surface area (Å²) in [5.74, 6) is 0.235. The Morgan fingerprint density at radius 3 is 2.59 bits per heavy atom. The quantitative estimate of drug-likeness (QED) is 0.638. The van der Waals surface area contributed by atoms with Gasteiger partial charge in [0.25, 0.3) is 0 Å². The molecule has 4 nitrogen and oxygen atoms in total. The summed E-state index contributed by atoms with van der Waals surface area (Å²) >= 11 is 0. The Hall–Kier alpha value is -2.36. The van der Waals surface area contributed by atoms with Crippen LogP contribution < -0.4 is 10.2 Å². The van der Waals surface area contributed by atoms with Crippen molar-refractivity contribution in [1.29, 1.82) is 0 Å². The lowest BCUT2D eigenvalue weighted by atomic mass is 10.0. The highest BCUT2D eigenvalue weighted by atomic mass is 16.1. The molecule has 0 fully saturated rings. The number of allylic oxidation sites excluding steroid dienone is 1. The van der Waals surface area contributed by atoms with Crippen LogP contribution in [-0.4, -0.2) is 26.2 Å². The van der Waals surface area contributed by atoms with Crippen LogP contribution in [0.25, 0.3) is 0 Å². The molecule has 0 aliphatic carbocycles. The Balaban J connectivity index is 2.88. The molecule has 0 bridgehead atoms. The first-order valence-corrected chi connectivity index (χ1v) is 7.28. The van der Waals surface area contributed by atoms with E-state index in [4.69, 9.17) is 0 Å². The van der Waals surface area contributed by atoms with Gasteiger partial charge in [-0.3, -0.25) is 9.79 Å². The predicted octanol–water partition coefficient (Wildman–Crippen LogP) is 3.98. The van der Waals surface area contributed by atoms with Crippen LogP contribution >= 0.6 is 0 Å². The van der Waals surface area contributed by atoms with Gasteiger partial charge in [0.2, 0.25) is 5.91 Å². The zero-order valence-electron chi connectivity index (χ0n) is 14.1. The number of carbonyl (C=O) groups excluding carboxylic acids is 1. The maximum Gasteiger partial charge on any atom is 0.249 e. The first kappa shape index (κ1) is 17.7. The number of benzene rings is 1. The number of anilines is 2. The molecule has 1 aromatic carbocycles. The maximum atomic E-state index is 11.9. The van der Waals surface area contributed by atoms with Crippen molar-refractivity contribution in [2.24, 2.45) is 4.99 Å². The molecule has 0 saturated carbocycles. The molecule has 0 aromatic heterocycles. The molecular formula is C18H25N3O. The van der Waals surface area contributed by atoms with E-state index in [1.54, 1.807) is 6.21 Å². The average molecular weight is 299 g/mol. The summed E-state index contributed by atoms with van der Waals surface area (Å²) in [5.41, 5.74) is 3.85. The van der Waals surface area contributed by atoms with Gasteiger partial charge in [-0.05, 0) is 36.1 Å². The van der Waals surface area contributed by atoms with Crippen LogP contribution in [-0.2, 0) is 4.79 Å². The van der Waals surface area contributed by atoms with Gasteiger partial charge in [0.05, 0.1) is 11.4 Å². The van der Waals surface area contributed by atoms with Crippen molar-refractivity contribution in [3.05, 3.63) is 48.2 Å². The number of rotatable bonds is 6. The predicted molar refractivity (Wildman–Crippen MR) is 95.9 cm³/mol. The Morgan fingerprint density at radius 2 is 2.05 bits per heavy atom. The summed E-state index contributed by atoms with van der Waals surface area (Å²) in [7, 11) is 3.92. The van der Waals surface area contributed by atoms with Crippen molar-refractivity contribution in [2.75, 3.05) is 24.3 Å². The molecule has 22 heavy (non-hydrogen) atoms. The van der Waals surface area contributed by atoms with E-state index in [1.165, 1.54) is 17.8 Å². The monoisotopic (exact) mass is 299 g/mol. The summed E-state index contributed by atoms with van der Waals surface area (Å²) < 4.78 is 0. The molecule has 1 rings (SSSR count). The Bertz CT molecular complexity index is 598. The van der Waals surface area contributed by atoms with Gasteiger partial charge >= 0.3 is 0 Å². The topological polar surface area (TPSA) is 44.7 Å². The number of hydrogen-bond donors (Lipinski definition) is 1. The Morgan fingerprint density at radius 1 is 1.36 bits per heavy atom. The van der Waals surface area contributed by atoms with Crippen molar-refractivity contribution in [3.63, 3.8) is 0 Å². The lowest BCUT2D eigenvalue weighted by Crippen LogP contribution is -2.15. The zero-order chi connectivity index (χ0) is 16.7. The van der Waals surface area contributed by atoms with E-state index >= 15 is 0 Å². The molecule has 1 aromatic rings. The van der Waals surface area contributed by atoms with Gasteiger partial charge in [0.15, 0.2) is 0 Å². The van der Waals surface area contributed by atoms with Crippen molar-refractivity contribution < 1.29 is 4.79 Å². The van der Waals surface area contributed by atoms with E-state index in [9.17, 15) is 4.79 Å². The van der Waals surface area contributed by atoms with Crippen LogP contribution in [0.1, 0.15) is 32.3 Å². The highest BCUT2D eigenvalue weighted by Gasteiger charge is 2.09. The Labute approximate surface area is 133 Å². The van der Waals surface area contributed by atoms with Crippen molar-refractivity contribution in [2.45, 2.75) is 26.7 Å². The number of aliphatic imine (C=N–C) groups is 1. The molecule has 0 radical (unpaired) electrons. The lowest BCUT2D eigenvalue weighted by Gasteiger charge is -2.19. The molecule has 0 spiro atoms. The van der Waals surface area contributed by atoms with Crippen LogP contribution in [0, 0.1) is 0 Å². The molecule has 0 saturated heterocycles. The third kappa shape index (κ3) is 5.56. The van der Waals surface area contributed by atoms with Gasteiger partial charge < -0.3 is 10.2 Å². The van der Waals surface area contributed by atoms with Gasteiger partial charge in [-0.2, -0.15) is 0 Å². The minimum Gasteiger partial charge on any atom is -0.376 e. The van der Waals surface area contributed by atoms with Gasteiger partial charge in [-0.15, -0.1) is 0 Å². The molecule has 0 unspecified atom stereocenters. The standard InChI is InChI=1S/C18H25N3O/c1-13(2)12-19-10-9-18(22)20-16-8-7-15(14(3)4)11-17(16)21(5)6/h7-12,14H,1H2,2-6H3,(H,20,22)/b10-9+,19-12?. The third-order valence-corrected chi connectivity index (χ3v) is 3.04. The highest BCUT2D eigenvalue weighted by molar-refractivity contribution is 6.01. The normalized spacial score (nSPS) is 11.4. The third-order valence-electron chi connectivity index (χ3n) is 3.04. The fraction of sp³-hybridized carbons (Fsp3) is 0.333. The van der Waals surface area contributed by atoms with Crippen LogP contribution in [0.15, 0.2) is 47.6 Å². The lowest BCUT2D eigenvalue weighted by molar-refractivity contribution is -0.111. The van der Waals surface area contributed by atoms with Crippen LogP contribution in [0.2, 0.25) is 0 Å². The van der Waals surface area contributed by atoms with E-state index in [0.717, 1.165) is 16.9 Å². The largest absolute Gasteiger partial charge is 0.376 e. The van der Waals surface area contributed by atoms with E-state index < -0.39 is 0 Å². The van der Waals surface area contributed by atoms with Crippen LogP contribution in [0.5, 0.6) is 0 Å². The van der Waals surface area contributed by atoms with Gasteiger partial charge in [0, 0.05) is 32.6 Å². The second kappa shape index (κ2) is 8.17. The number of carbonyl (C=O) groups is 1. The second-order valence-electron chi connectivity index (χ2n) is 5.76. The summed E-state index contributed by atoms with van der Waals surface area (Å²) in [5, 5.41) is 2.88. The Kier molecular flexibility index (Phi) is 6.57. The smallest absolute Gasteiger partial charge is 0.249 e. The molecule has 0 atom stereocenters. The second-order valence-corrected chi connectivity index (χ2v) is 5.76. The first-order valence-electron chi connectivity index (χ1n) is 7.28. The minimum absolute atomic E-state index is 0.209. The molecule has 0 aliphatic heterocycles. The van der Waals surface area contributed by atoms with Crippen molar-refractivity contribution >= 4 is 23.5 Å². The molecule has 1 N–H and O–H groups in total. The molecule has 118 valence electrons. The number of nitrogens with zero attached hydrogens (tertiary/aromatic N) is 2. The van der Waals surface area contributed by atoms with E-state index in [1.807, 2.05) is 38.1 Å². The first-order chi connectivity index (χ1) is 10.3. The van der Waals surface area contributed by atoms with Crippen molar-refractivity contribution in [3.8, 4) is 0 Å². The fourth-order valence-electron chi connectivity index (χ4n) is 1.84. The number of nitrogens with one attached hydrogen (secondary N) is 1. The molecule has 4 heteroatoms. The molecule has 1 amide bonds. The number of hydrogen-bond acceptors (Lipinski definition) is 3. The molecule has 0 aliphatic rings. The van der Waals surface area contributed by atoms with E-state index in [-0.39, 0.29) is 5.91 Å².